The summed E-state index contributed by atoms with van der Waals surface area (Å²) in [5.74, 6) is 0.590. The van der Waals surface area contributed by atoms with Crippen molar-refractivity contribution in [2.75, 3.05) is 24.6 Å². The molecule has 1 aliphatic heterocycles. The first-order valence-electron chi connectivity index (χ1n) is 6.13. The molecule has 0 aliphatic carbocycles. The summed E-state index contributed by atoms with van der Waals surface area (Å²) in [6.07, 6.45) is 3.46. The van der Waals surface area contributed by atoms with Crippen LogP contribution in [0, 0.1) is 0 Å². The molecule has 98 valence electrons. The van der Waals surface area contributed by atoms with Gasteiger partial charge >= 0.3 is 0 Å². The number of amides is 1. The Morgan fingerprint density at radius 2 is 2.06 bits per heavy atom. The third-order valence-corrected chi connectivity index (χ3v) is 4.61. The molecule has 1 amide bonds. The molecule has 5 heteroatoms. The van der Waals surface area contributed by atoms with E-state index in [9.17, 15) is 4.79 Å². The van der Waals surface area contributed by atoms with Gasteiger partial charge in [-0.3, -0.25) is 4.79 Å². The van der Waals surface area contributed by atoms with Crippen LogP contribution in [0.3, 0.4) is 0 Å². The molecule has 1 aromatic carbocycles. The van der Waals surface area contributed by atoms with Crippen molar-refractivity contribution in [1.29, 1.82) is 0 Å². The lowest BCUT2D eigenvalue weighted by Crippen LogP contribution is -2.36. The van der Waals surface area contributed by atoms with E-state index in [0.717, 1.165) is 30.8 Å². The highest BCUT2D eigenvalue weighted by Crippen LogP contribution is 2.32. The van der Waals surface area contributed by atoms with E-state index in [1.807, 2.05) is 11.0 Å². The Hall–Kier alpha value is -0.870. The van der Waals surface area contributed by atoms with Crippen LogP contribution in [0.1, 0.15) is 19.3 Å². The van der Waals surface area contributed by atoms with Gasteiger partial charge in [0.15, 0.2) is 0 Å². The summed E-state index contributed by atoms with van der Waals surface area (Å²) in [7, 11) is 0. The van der Waals surface area contributed by atoms with Gasteiger partial charge in [-0.05, 0) is 31.4 Å². The normalized spacial score (nSPS) is 15.7. The third kappa shape index (κ3) is 3.33. The second kappa shape index (κ2) is 6.34. The molecule has 2 N–H and O–H groups in total. The van der Waals surface area contributed by atoms with Crippen molar-refractivity contribution in [2.24, 2.45) is 0 Å². The Balaban J connectivity index is 1.92. The monoisotopic (exact) mass is 284 g/mol. The summed E-state index contributed by atoms with van der Waals surface area (Å²) in [6.45, 7) is 1.77. The maximum Gasteiger partial charge on any atom is 0.232 e. The summed E-state index contributed by atoms with van der Waals surface area (Å²) in [6, 6.07) is 5.42. The summed E-state index contributed by atoms with van der Waals surface area (Å²) in [5.41, 5.74) is 6.49. The van der Waals surface area contributed by atoms with E-state index in [0.29, 0.717) is 16.5 Å². The Kier molecular flexibility index (Phi) is 4.78. The molecule has 1 heterocycles. The molecule has 2 rings (SSSR count). The largest absolute Gasteiger partial charge is 0.398 e. The number of nitrogens with zero attached hydrogens (tertiary/aromatic N) is 1. The predicted molar refractivity (Wildman–Crippen MR) is 77.0 cm³/mol. The lowest BCUT2D eigenvalue weighted by atomic mass is 10.1. The number of piperidine rings is 1. The molecular formula is C13H17ClN2OS. The molecule has 0 unspecified atom stereocenters. The number of benzene rings is 1. The minimum Gasteiger partial charge on any atom is -0.398 e. The number of thioether (sulfide) groups is 1. The molecule has 0 spiro atoms. The number of carbonyl (C=O) groups excluding carboxylic acids is 1. The number of halogens is 1. The average Bonchev–Trinajstić information content (AvgIpc) is 2.39. The van der Waals surface area contributed by atoms with E-state index >= 15 is 0 Å². The Bertz CT molecular complexity index is 413. The van der Waals surface area contributed by atoms with Crippen molar-refractivity contribution in [3.8, 4) is 0 Å². The average molecular weight is 285 g/mol. The van der Waals surface area contributed by atoms with Gasteiger partial charge in [-0.15, -0.1) is 11.8 Å². The van der Waals surface area contributed by atoms with Crippen LogP contribution in [0.2, 0.25) is 5.02 Å². The van der Waals surface area contributed by atoms with Gasteiger partial charge < -0.3 is 10.6 Å². The molecular weight excluding hydrogens is 268 g/mol. The fourth-order valence-electron chi connectivity index (χ4n) is 2.05. The second-order valence-electron chi connectivity index (χ2n) is 4.39. The zero-order valence-corrected chi connectivity index (χ0v) is 11.8. The molecule has 18 heavy (non-hydrogen) atoms. The summed E-state index contributed by atoms with van der Waals surface area (Å²) >= 11 is 7.50. The van der Waals surface area contributed by atoms with Gasteiger partial charge in [-0.25, -0.2) is 0 Å². The van der Waals surface area contributed by atoms with E-state index in [4.69, 9.17) is 17.3 Å². The van der Waals surface area contributed by atoms with E-state index in [2.05, 4.69) is 0 Å². The first-order valence-corrected chi connectivity index (χ1v) is 7.49. The van der Waals surface area contributed by atoms with Gasteiger partial charge in [-0.2, -0.15) is 0 Å². The van der Waals surface area contributed by atoms with Gasteiger partial charge in [0.2, 0.25) is 5.91 Å². The number of nitrogen functional groups attached to an aromatic ring is 1. The quantitative estimate of drug-likeness (QED) is 0.685. The number of likely N-dealkylation sites (tertiary alicyclic amines) is 1. The lowest BCUT2D eigenvalue weighted by Gasteiger charge is -2.26. The zero-order chi connectivity index (χ0) is 13.0. The second-order valence-corrected chi connectivity index (χ2v) is 5.78. The summed E-state index contributed by atoms with van der Waals surface area (Å²) in [5, 5.41) is 0.617. The molecule has 3 nitrogen and oxygen atoms in total. The smallest absolute Gasteiger partial charge is 0.232 e. The van der Waals surface area contributed by atoms with Gasteiger partial charge in [0.25, 0.3) is 0 Å². The Labute approximate surface area is 117 Å². The Morgan fingerprint density at radius 1 is 1.33 bits per heavy atom. The van der Waals surface area contributed by atoms with Crippen LogP contribution >= 0.6 is 23.4 Å². The van der Waals surface area contributed by atoms with Crippen LogP contribution in [-0.2, 0) is 4.79 Å². The molecule has 1 aliphatic rings. The van der Waals surface area contributed by atoms with Crippen molar-refractivity contribution in [1.82, 2.24) is 4.90 Å². The fraction of sp³-hybridized carbons (Fsp3) is 0.462. The van der Waals surface area contributed by atoms with Gasteiger partial charge in [0, 0.05) is 23.7 Å². The maximum absolute atomic E-state index is 12.0. The van der Waals surface area contributed by atoms with Crippen molar-refractivity contribution in [2.45, 2.75) is 24.2 Å². The molecule has 0 aromatic heterocycles. The van der Waals surface area contributed by atoms with E-state index in [-0.39, 0.29) is 5.91 Å². The Morgan fingerprint density at radius 3 is 2.72 bits per heavy atom. The van der Waals surface area contributed by atoms with Crippen LogP contribution in [0.4, 0.5) is 5.69 Å². The van der Waals surface area contributed by atoms with Crippen molar-refractivity contribution >= 4 is 35.0 Å². The number of carbonyl (C=O) groups is 1. The first kappa shape index (κ1) is 13.6. The zero-order valence-electron chi connectivity index (χ0n) is 10.2. The van der Waals surface area contributed by atoms with E-state index in [1.165, 1.54) is 18.2 Å². The van der Waals surface area contributed by atoms with Crippen LogP contribution in [0.5, 0.6) is 0 Å². The van der Waals surface area contributed by atoms with E-state index in [1.54, 1.807) is 12.1 Å². The topological polar surface area (TPSA) is 46.3 Å². The lowest BCUT2D eigenvalue weighted by molar-refractivity contribution is -0.129. The van der Waals surface area contributed by atoms with Gasteiger partial charge in [0.05, 0.1) is 10.8 Å². The third-order valence-electron chi connectivity index (χ3n) is 3.05. The van der Waals surface area contributed by atoms with Crippen molar-refractivity contribution in [3.05, 3.63) is 23.2 Å². The first-order chi connectivity index (χ1) is 8.68. The number of hydrogen-bond donors (Lipinski definition) is 1. The highest BCUT2D eigenvalue weighted by atomic mass is 35.5. The minimum absolute atomic E-state index is 0.180. The molecule has 0 bridgehead atoms. The van der Waals surface area contributed by atoms with Crippen LogP contribution < -0.4 is 5.73 Å². The van der Waals surface area contributed by atoms with Crippen LogP contribution in [0.25, 0.3) is 0 Å². The minimum atomic E-state index is 0.180. The summed E-state index contributed by atoms with van der Waals surface area (Å²) < 4.78 is 0. The van der Waals surface area contributed by atoms with Gasteiger partial charge in [-0.1, -0.05) is 17.7 Å². The standard InChI is InChI=1S/C13H17ClN2OS/c14-10-5-4-6-11(15)13(10)18-9-12(17)16-7-2-1-3-8-16/h4-6H,1-3,7-9,15H2. The predicted octanol–water partition coefficient (Wildman–Crippen LogP) is 3.03. The van der Waals surface area contributed by atoms with E-state index < -0.39 is 0 Å². The molecule has 0 atom stereocenters. The highest BCUT2D eigenvalue weighted by molar-refractivity contribution is 8.00. The van der Waals surface area contributed by atoms with Crippen molar-refractivity contribution in [3.63, 3.8) is 0 Å². The molecule has 0 radical (unpaired) electrons. The summed E-state index contributed by atoms with van der Waals surface area (Å²) in [4.78, 5) is 14.8. The highest BCUT2D eigenvalue weighted by Gasteiger charge is 2.17. The van der Waals surface area contributed by atoms with Gasteiger partial charge in [0.1, 0.15) is 0 Å². The number of hydrogen-bond acceptors (Lipinski definition) is 3. The van der Waals surface area contributed by atoms with Crippen LogP contribution in [0.15, 0.2) is 23.1 Å². The number of anilines is 1. The van der Waals surface area contributed by atoms with Crippen molar-refractivity contribution < 1.29 is 4.79 Å². The SMILES string of the molecule is Nc1cccc(Cl)c1SCC(=O)N1CCCCC1. The molecule has 1 aromatic rings. The number of nitrogens with two attached hydrogens (primary N) is 1. The fourth-order valence-corrected chi connectivity index (χ4v) is 3.28. The molecule has 1 fully saturated rings. The van der Waals surface area contributed by atoms with Crippen LogP contribution in [-0.4, -0.2) is 29.6 Å². The number of rotatable bonds is 3. The molecule has 1 saturated heterocycles. The molecule has 0 saturated carbocycles. The maximum atomic E-state index is 12.0.